The Bertz CT molecular complexity index is 1350. The molecule has 7 heteroatoms. The molecule has 1 fully saturated rings. The normalized spacial score (nSPS) is 18.0. The molecule has 0 saturated carbocycles. The van der Waals surface area contributed by atoms with Crippen molar-refractivity contribution in [1.82, 2.24) is 15.0 Å². The van der Waals surface area contributed by atoms with Gasteiger partial charge in [0, 0.05) is 53.8 Å². The van der Waals surface area contributed by atoms with E-state index in [2.05, 4.69) is 34.8 Å². The molecule has 2 atom stereocenters. The van der Waals surface area contributed by atoms with Crippen molar-refractivity contribution in [3.63, 3.8) is 0 Å². The molecule has 2 aromatic heterocycles. The first-order chi connectivity index (χ1) is 16.6. The number of ether oxygens (including phenoxy) is 2. The maximum absolute atomic E-state index is 9.09. The Morgan fingerprint density at radius 1 is 0.912 bits per heavy atom. The minimum atomic E-state index is 0.141. The van der Waals surface area contributed by atoms with Gasteiger partial charge in [-0.15, -0.1) is 0 Å². The lowest BCUT2D eigenvalue weighted by molar-refractivity contribution is -0.00571. The van der Waals surface area contributed by atoms with Crippen molar-refractivity contribution in [3.05, 3.63) is 66.6 Å². The van der Waals surface area contributed by atoms with Crippen LogP contribution in [0.1, 0.15) is 19.4 Å². The topological polar surface area (TPSA) is 84.2 Å². The van der Waals surface area contributed by atoms with Crippen LogP contribution in [0.15, 0.2) is 61.1 Å². The maximum atomic E-state index is 9.09. The molecule has 0 aliphatic carbocycles. The summed E-state index contributed by atoms with van der Waals surface area (Å²) in [5.74, 6) is 1.42. The van der Waals surface area contributed by atoms with Crippen LogP contribution >= 0.6 is 0 Å². The molecular formula is C27H25N5O2. The Morgan fingerprint density at radius 2 is 1.62 bits per heavy atom. The van der Waals surface area contributed by atoms with Gasteiger partial charge in [-0.25, -0.2) is 9.97 Å². The number of fused-ring (bicyclic) bond motifs is 1. The lowest BCUT2D eigenvalue weighted by Gasteiger charge is -2.35. The lowest BCUT2D eigenvalue weighted by Crippen LogP contribution is -2.46. The number of methoxy groups -OCH3 is 1. The number of nitriles is 1. The summed E-state index contributed by atoms with van der Waals surface area (Å²) in [4.78, 5) is 16.2. The molecule has 4 aromatic rings. The molecule has 0 N–H and O–H groups in total. The van der Waals surface area contributed by atoms with Crippen molar-refractivity contribution in [2.75, 3.05) is 25.1 Å². The SMILES string of the molecule is COc1c(-c2cnc(N3CC(C)OC(C)C3)nc2)cnc2c(-c3ccc(C#N)cc3)cccc12. The van der Waals surface area contributed by atoms with Crippen LogP contribution in [0.3, 0.4) is 0 Å². The number of rotatable bonds is 4. The van der Waals surface area contributed by atoms with Gasteiger partial charge < -0.3 is 14.4 Å². The molecule has 3 heterocycles. The third-order valence-electron chi connectivity index (χ3n) is 6.03. The summed E-state index contributed by atoms with van der Waals surface area (Å²) in [7, 11) is 1.67. The van der Waals surface area contributed by atoms with E-state index in [1.165, 1.54) is 0 Å². The zero-order valence-electron chi connectivity index (χ0n) is 19.4. The highest BCUT2D eigenvalue weighted by Crippen LogP contribution is 2.38. The monoisotopic (exact) mass is 451 g/mol. The first-order valence-corrected chi connectivity index (χ1v) is 11.3. The van der Waals surface area contributed by atoms with Gasteiger partial charge in [0.1, 0.15) is 5.75 Å². The predicted molar refractivity (Wildman–Crippen MR) is 132 cm³/mol. The van der Waals surface area contributed by atoms with E-state index in [0.29, 0.717) is 11.5 Å². The summed E-state index contributed by atoms with van der Waals surface area (Å²) in [6.45, 7) is 5.66. The molecule has 0 bridgehead atoms. The molecule has 2 unspecified atom stereocenters. The molecule has 7 nitrogen and oxygen atoms in total. The van der Waals surface area contributed by atoms with Crippen molar-refractivity contribution in [2.45, 2.75) is 26.1 Å². The number of pyridine rings is 1. The molecule has 1 saturated heterocycles. The fourth-order valence-electron chi connectivity index (χ4n) is 4.55. The second-order valence-corrected chi connectivity index (χ2v) is 8.53. The van der Waals surface area contributed by atoms with Crippen LogP contribution in [-0.2, 0) is 4.74 Å². The van der Waals surface area contributed by atoms with Gasteiger partial charge in [0.15, 0.2) is 0 Å². The minimum absolute atomic E-state index is 0.141. The summed E-state index contributed by atoms with van der Waals surface area (Å²) < 4.78 is 11.7. The molecule has 1 aliphatic rings. The van der Waals surface area contributed by atoms with Crippen LogP contribution < -0.4 is 9.64 Å². The number of hydrogen-bond donors (Lipinski definition) is 0. The molecule has 170 valence electrons. The third kappa shape index (κ3) is 4.04. The standard InChI is InChI=1S/C27H25N5O2/c1-17-15-32(16-18(2)34-17)27-30-12-21(13-31-27)24-14-29-25-22(5-4-6-23(25)26(24)33-3)20-9-7-19(11-28)8-10-20/h4-10,12-14,17-18H,15-16H2,1-3H3. The molecular weight excluding hydrogens is 426 g/mol. The Hall–Kier alpha value is -4.02. The predicted octanol–water partition coefficient (Wildman–Crippen LogP) is 4.85. The average molecular weight is 452 g/mol. The Kier molecular flexibility index (Phi) is 5.83. The summed E-state index contributed by atoms with van der Waals surface area (Å²) in [5, 5.41) is 10.00. The van der Waals surface area contributed by atoms with Gasteiger partial charge in [-0.2, -0.15) is 5.26 Å². The quantitative estimate of drug-likeness (QED) is 0.438. The smallest absolute Gasteiger partial charge is 0.225 e. The zero-order valence-corrected chi connectivity index (χ0v) is 19.4. The van der Waals surface area contributed by atoms with Crippen LogP contribution in [0.25, 0.3) is 33.2 Å². The van der Waals surface area contributed by atoms with E-state index in [9.17, 15) is 0 Å². The van der Waals surface area contributed by atoms with Gasteiger partial charge in [0.2, 0.25) is 5.95 Å². The zero-order chi connectivity index (χ0) is 23.7. The lowest BCUT2D eigenvalue weighted by atomic mass is 9.98. The molecule has 5 rings (SSSR count). The maximum Gasteiger partial charge on any atom is 0.225 e. The van der Waals surface area contributed by atoms with Gasteiger partial charge >= 0.3 is 0 Å². The van der Waals surface area contributed by atoms with E-state index >= 15 is 0 Å². The highest BCUT2D eigenvalue weighted by Gasteiger charge is 2.24. The van der Waals surface area contributed by atoms with Crippen LogP contribution in [-0.4, -0.2) is 47.4 Å². The Morgan fingerprint density at radius 3 is 2.26 bits per heavy atom. The van der Waals surface area contributed by atoms with Gasteiger partial charge in [0.05, 0.1) is 36.5 Å². The van der Waals surface area contributed by atoms with Gasteiger partial charge in [0.25, 0.3) is 0 Å². The summed E-state index contributed by atoms with van der Waals surface area (Å²) in [5.41, 5.74) is 5.11. The van der Waals surface area contributed by atoms with E-state index in [-0.39, 0.29) is 12.2 Å². The minimum Gasteiger partial charge on any atom is -0.495 e. The number of hydrogen-bond acceptors (Lipinski definition) is 7. The fourth-order valence-corrected chi connectivity index (χ4v) is 4.55. The van der Waals surface area contributed by atoms with Crippen LogP contribution in [0.4, 0.5) is 5.95 Å². The molecule has 0 radical (unpaired) electrons. The highest BCUT2D eigenvalue weighted by molar-refractivity contribution is 6.00. The van der Waals surface area contributed by atoms with Gasteiger partial charge in [-0.05, 0) is 37.6 Å². The van der Waals surface area contributed by atoms with E-state index in [4.69, 9.17) is 19.7 Å². The summed E-state index contributed by atoms with van der Waals surface area (Å²) in [6.07, 6.45) is 5.74. The number of morpholine rings is 1. The van der Waals surface area contributed by atoms with E-state index in [1.54, 1.807) is 7.11 Å². The second kappa shape index (κ2) is 9.08. The second-order valence-electron chi connectivity index (χ2n) is 8.53. The molecule has 2 aromatic carbocycles. The third-order valence-corrected chi connectivity index (χ3v) is 6.03. The van der Waals surface area contributed by atoms with E-state index in [1.807, 2.05) is 61.1 Å². The van der Waals surface area contributed by atoms with Crippen LogP contribution in [0, 0.1) is 11.3 Å². The van der Waals surface area contributed by atoms with Crippen LogP contribution in [0.2, 0.25) is 0 Å². The summed E-state index contributed by atoms with van der Waals surface area (Å²) in [6, 6.07) is 15.7. The highest BCUT2D eigenvalue weighted by atomic mass is 16.5. The van der Waals surface area contributed by atoms with Gasteiger partial charge in [-0.3, -0.25) is 4.98 Å². The number of benzene rings is 2. The van der Waals surface area contributed by atoms with Crippen molar-refractivity contribution in [2.24, 2.45) is 0 Å². The molecule has 0 spiro atoms. The van der Waals surface area contributed by atoms with E-state index in [0.717, 1.165) is 52.0 Å². The van der Waals surface area contributed by atoms with E-state index < -0.39 is 0 Å². The number of nitrogens with zero attached hydrogens (tertiary/aromatic N) is 5. The fraction of sp³-hybridized carbons (Fsp3) is 0.259. The van der Waals surface area contributed by atoms with Crippen LogP contribution in [0.5, 0.6) is 5.75 Å². The van der Waals surface area contributed by atoms with Crippen molar-refractivity contribution >= 4 is 16.9 Å². The van der Waals surface area contributed by atoms with Crippen molar-refractivity contribution < 1.29 is 9.47 Å². The number of aromatic nitrogens is 3. The van der Waals surface area contributed by atoms with Crippen molar-refractivity contribution in [1.29, 1.82) is 5.26 Å². The first kappa shape index (κ1) is 21.8. The number of para-hydroxylation sites is 1. The number of anilines is 1. The first-order valence-electron chi connectivity index (χ1n) is 11.3. The molecule has 1 aliphatic heterocycles. The molecule has 34 heavy (non-hydrogen) atoms. The largest absolute Gasteiger partial charge is 0.495 e. The Balaban J connectivity index is 1.52. The Labute approximate surface area is 198 Å². The van der Waals surface area contributed by atoms with Crippen molar-refractivity contribution in [3.8, 4) is 34.1 Å². The molecule has 0 amide bonds. The van der Waals surface area contributed by atoms with Gasteiger partial charge in [-0.1, -0.05) is 24.3 Å². The summed E-state index contributed by atoms with van der Waals surface area (Å²) >= 11 is 0. The average Bonchev–Trinajstić information content (AvgIpc) is 2.87.